The molecule has 2 saturated carbocycles. The molecular formula is C28H41Cl2N3O2. The van der Waals surface area contributed by atoms with Gasteiger partial charge in [-0.25, -0.2) is 0 Å². The summed E-state index contributed by atoms with van der Waals surface area (Å²) in [6, 6.07) is 4.30. The van der Waals surface area contributed by atoms with Gasteiger partial charge in [0.2, 0.25) is 0 Å². The van der Waals surface area contributed by atoms with Crippen LogP contribution in [0, 0.1) is 29.1 Å². The van der Waals surface area contributed by atoms with Crippen LogP contribution in [0.3, 0.4) is 0 Å². The second-order valence-electron chi connectivity index (χ2n) is 11.0. The van der Waals surface area contributed by atoms with E-state index in [2.05, 4.69) is 53.0 Å². The zero-order valence-corrected chi connectivity index (χ0v) is 23.1. The Bertz CT molecular complexity index is 1030. The van der Waals surface area contributed by atoms with Crippen molar-refractivity contribution in [3.05, 3.63) is 23.4 Å². The Balaban J connectivity index is 0.00000171. The predicted molar refractivity (Wildman–Crippen MR) is 147 cm³/mol. The lowest BCUT2D eigenvalue weighted by Crippen LogP contribution is -2.37. The third kappa shape index (κ3) is 7.07. The van der Waals surface area contributed by atoms with Gasteiger partial charge in [-0.15, -0.1) is 30.7 Å². The van der Waals surface area contributed by atoms with Crippen LogP contribution in [0.2, 0.25) is 0 Å². The first-order valence-corrected chi connectivity index (χ1v) is 12.9. The van der Waals surface area contributed by atoms with Gasteiger partial charge in [0, 0.05) is 23.9 Å². The van der Waals surface area contributed by atoms with Gasteiger partial charge in [0.05, 0.1) is 17.9 Å². The summed E-state index contributed by atoms with van der Waals surface area (Å²) >= 11 is 0. The largest absolute Gasteiger partial charge is 0.493 e. The Morgan fingerprint density at radius 3 is 2.49 bits per heavy atom. The molecule has 1 aromatic carbocycles. The third-order valence-corrected chi connectivity index (χ3v) is 7.69. The number of halogens is 2. The number of aryl methyl sites for hydroxylation is 1. The summed E-state index contributed by atoms with van der Waals surface area (Å²) < 4.78 is 12.1. The van der Waals surface area contributed by atoms with Gasteiger partial charge in [0.25, 0.3) is 0 Å². The Morgan fingerprint density at radius 2 is 1.86 bits per heavy atom. The number of aromatic nitrogens is 1. The second-order valence-corrected chi connectivity index (χ2v) is 11.0. The molecule has 7 heteroatoms. The molecule has 1 aromatic heterocycles. The number of nitrogens with zero attached hydrogens (tertiary/aromatic N) is 3. The number of rotatable bonds is 10. The molecule has 3 fully saturated rings. The second kappa shape index (κ2) is 12.2. The number of fused-ring (bicyclic) bond motifs is 1. The molecule has 2 aliphatic carbocycles. The van der Waals surface area contributed by atoms with Crippen molar-refractivity contribution in [2.45, 2.75) is 64.8 Å². The van der Waals surface area contributed by atoms with Gasteiger partial charge < -0.3 is 19.1 Å². The SMILES string of the molecule is CC#CC1(CN2CCC(CCc3noc4c(CN(C)C)c(OCC5CC5)ccc34)CC2)CC1.Cl.Cl. The fourth-order valence-electron chi connectivity index (χ4n) is 5.31. The van der Waals surface area contributed by atoms with Crippen molar-refractivity contribution < 1.29 is 9.26 Å². The molecule has 0 bridgehead atoms. The molecule has 0 amide bonds. The fraction of sp³-hybridized carbons (Fsp3) is 0.679. The summed E-state index contributed by atoms with van der Waals surface area (Å²) in [5, 5.41) is 5.68. The zero-order chi connectivity index (χ0) is 22.8. The van der Waals surface area contributed by atoms with Gasteiger partial charge in [-0.05, 0) is 109 Å². The van der Waals surface area contributed by atoms with Crippen LogP contribution in [0.15, 0.2) is 16.7 Å². The minimum Gasteiger partial charge on any atom is -0.493 e. The Morgan fingerprint density at radius 1 is 1.11 bits per heavy atom. The average molecular weight is 523 g/mol. The molecular weight excluding hydrogens is 481 g/mol. The number of benzene rings is 1. The molecule has 2 heterocycles. The number of hydrogen-bond donors (Lipinski definition) is 0. The van der Waals surface area contributed by atoms with E-state index < -0.39 is 0 Å². The first-order chi connectivity index (χ1) is 16.0. The van der Waals surface area contributed by atoms with E-state index in [0.29, 0.717) is 5.41 Å². The lowest BCUT2D eigenvalue weighted by molar-refractivity contribution is 0.162. The maximum atomic E-state index is 6.17. The lowest BCUT2D eigenvalue weighted by atomic mass is 9.90. The molecule has 1 saturated heterocycles. The van der Waals surface area contributed by atoms with Crippen molar-refractivity contribution >= 4 is 35.8 Å². The standard InChI is InChI=1S/C28H39N3O2.2ClH/c1-4-13-28(14-15-28)20-31-16-11-21(12-17-31)7-9-25-23-8-10-26(32-19-22-5-6-22)24(18-30(2)3)27(23)33-29-25;;/h8,10,21-22H,5-7,9,11-12,14-20H2,1-3H3;2*1H. The van der Waals surface area contributed by atoms with E-state index in [4.69, 9.17) is 9.26 Å². The average Bonchev–Trinajstić information content (AvgIpc) is 3.72. The minimum absolute atomic E-state index is 0. The van der Waals surface area contributed by atoms with E-state index in [0.717, 1.165) is 59.4 Å². The molecule has 0 atom stereocenters. The Kier molecular flexibility index (Phi) is 9.80. The number of hydrogen-bond acceptors (Lipinski definition) is 5. The van der Waals surface area contributed by atoms with Crippen LogP contribution < -0.4 is 4.74 Å². The smallest absolute Gasteiger partial charge is 0.175 e. The van der Waals surface area contributed by atoms with E-state index in [1.165, 1.54) is 64.6 Å². The highest BCUT2D eigenvalue weighted by molar-refractivity contribution is 5.86. The number of likely N-dealkylation sites (tertiary alicyclic amines) is 1. The first-order valence-electron chi connectivity index (χ1n) is 12.9. The van der Waals surface area contributed by atoms with Gasteiger partial charge in [-0.3, -0.25) is 0 Å². The number of piperidine rings is 1. The summed E-state index contributed by atoms with van der Waals surface area (Å²) in [5.41, 5.74) is 3.48. The molecule has 0 unspecified atom stereocenters. The summed E-state index contributed by atoms with van der Waals surface area (Å²) in [6.07, 6.45) is 9.93. The van der Waals surface area contributed by atoms with Crippen LogP contribution in [0.4, 0.5) is 0 Å². The van der Waals surface area contributed by atoms with Crippen molar-refractivity contribution in [1.82, 2.24) is 15.0 Å². The van der Waals surface area contributed by atoms with E-state index in [-0.39, 0.29) is 24.8 Å². The van der Waals surface area contributed by atoms with Gasteiger partial charge in [-0.1, -0.05) is 11.1 Å². The maximum Gasteiger partial charge on any atom is 0.175 e. The highest BCUT2D eigenvalue weighted by Crippen LogP contribution is 2.46. The first kappa shape index (κ1) is 28.1. The van der Waals surface area contributed by atoms with Crippen molar-refractivity contribution in [3.63, 3.8) is 0 Å². The Labute approximate surface area is 223 Å². The van der Waals surface area contributed by atoms with Crippen molar-refractivity contribution in [2.24, 2.45) is 17.3 Å². The molecule has 0 spiro atoms. The quantitative estimate of drug-likeness (QED) is 0.360. The van der Waals surface area contributed by atoms with Crippen molar-refractivity contribution in [2.75, 3.05) is 40.3 Å². The molecule has 5 nitrogen and oxygen atoms in total. The van der Waals surface area contributed by atoms with Gasteiger partial charge in [0.1, 0.15) is 5.75 Å². The minimum atomic E-state index is 0. The topological polar surface area (TPSA) is 41.7 Å². The molecule has 194 valence electrons. The van der Waals surface area contributed by atoms with Crippen LogP contribution in [-0.4, -0.2) is 55.3 Å². The lowest BCUT2D eigenvalue weighted by Gasteiger charge is -2.33. The van der Waals surface area contributed by atoms with Crippen molar-refractivity contribution in [3.8, 4) is 17.6 Å². The summed E-state index contributed by atoms with van der Waals surface area (Å²) in [6.45, 7) is 7.20. The maximum absolute atomic E-state index is 6.17. The highest BCUT2D eigenvalue weighted by atomic mass is 35.5. The molecule has 3 aliphatic rings. The van der Waals surface area contributed by atoms with E-state index >= 15 is 0 Å². The molecule has 2 aromatic rings. The van der Waals surface area contributed by atoms with Crippen LogP contribution in [0.1, 0.15) is 63.1 Å². The third-order valence-electron chi connectivity index (χ3n) is 7.69. The summed E-state index contributed by atoms with van der Waals surface area (Å²) in [7, 11) is 4.18. The molecule has 0 N–H and O–H groups in total. The van der Waals surface area contributed by atoms with Crippen LogP contribution in [0.5, 0.6) is 5.75 Å². The van der Waals surface area contributed by atoms with E-state index in [1.54, 1.807) is 0 Å². The Hall–Kier alpha value is -1.45. The van der Waals surface area contributed by atoms with E-state index in [1.807, 2.05) is 6.92 Å². The molecule has 5 rings (SSSR count). The highest BCUT2D eigenvalue weighted by Gasteiger charge is 2.42. The summed E-state index contributed by atoms with van der Waals surface area (Å²) in [4.78, 5) is 4.82. The number of ether oxygens (including phenoxy) is 1. The molecule has 35 heavy (non-hydrogen) atoms. The fourth-order valence-corrected chi connectivity index (χ4v) is 5.31. The molecule has 1 aliphatic heterocycles. The van der Waals surface area contributed by atoms with Gasteiger partial charge >= 0.3 is 0 Å². The zero-order valence-electron chi connectivity index (χ0n) is 21.5. The van der Waals surface area contributed by atoms with E-state index in [9.17, 15) is 0 Å². The predicted octanol–water partition coefficient (Wildman–Crippen LogP) is 5.97. The van der Waals surface area contributed by atoms with Crippen LogP contribution in [-0.2, 0) is 13.0 Å². The van der Waals surface area contributed by atoms with Gasteiger partial charge in [-0.2, -0.15) is 0 Å². The molecule has 0 radical (unpaired) electrons. The summed E-state index contributed by atoms with van der Waals surface area (Å²) in [5.74, 6) is 9.09. The monoisotopic (exact) mass is 521 g/mol. The van der Waals surface area contributed by atoms with Crippen LogP contribution in [0.25, 0.3) is 11.0 Å². The van der Waals surface area contributed by atoms with Gasteiger partial charge in [0.15, 0.2) is 5.58 Å². The normalized spacial score (nSPS) is 19.5. The van der Waals surface area contributed by atoms with Crippen molar-refractivity contribution in [1.29, 1.82) is 0 Å². The van der Waals surface area contributed by atoms with Crippen LogP contribution >= 0.6 is 24.8 Å².